The van der Waals surface area contributed by atoms with Gasteiger partial charge in [0.1, 0.15) is 11.5 Å². The predicted molar refractivity (Wildman–Crippen MR) is 105 cm³/mol. The molecule has 2 aromatic carbocycles. The van der Waals surface area contributed by atoms with E-state index >= 15 is 0 Å². The van der Waals surface area contributed by atoms with Crippen LogP contribution in [0, 0.1) is 18.8 Å². The molecule has 0 bridgehead atoms. The summed E-state index contributed by atoms with van der Waals surface area (Å²) in [4.78, 5) is 26.9. The van der Waals surface area contributed by atoms with Crippen LogP contribution in [0.2, 0.25) is 5.02 Å². The number of benzene rings is 2. The van der Waals surface area contributed by atoms with Crippen molar-refractivity contribution in [1.29, 1.82) is 0 Å². The maximum Gasteiger partial charge on any atom is 0.238 e. The molecule has 1 aliphatic heterocycles. The van der Waals surface area contributed by atoms with Crippen LogP contribution in [0.25, 0.3) is 0 Å². The van der Waals surface area contributed by atoms with Crippen molar-refractivity contribution >= 4 is 29.1 Å². The van der Waals surface area contributed by atoms with Gasteiger partial charge in [-0.15, -0.1) is 0 Å². The third-order valence-electron chi connectivity index (χ3n) is 5.25. The summed E-state index contributed by atoms with van der Waals surface area (Å²) in [7, 11) is 0. The highest BCUT2D eigenvalue weighted by atomic mass is 35.5. The summed E-state index contributed by atoms with van der Waals surface area (Å²) in [5.74, 6) is 0.361. The van der Waals surface area contributed by atoms with Crippen LogP contribution in [0.1, 0.15) is 25.3 Å². The summed E-state index contributed by atoms with van der Waals surface area (Å²) in [6, 6.07) is 12.7. The van der Waals surface area contributed by atoms with Crippen LogP contribution in [-0.4, -0.2) is 11.8 Å². The number of imide groups is 1. The molecular weight excluding hydrogens is 362 g/mol. The number of ether oxygens (including phenoxy) is 1. The molecule has 0 N–H and O–H groups in total. The van der Waals surface area contributed by atoms with Gasteiger partial charge in [0.2, 0.25) is 11.8 Å². The van der Waals surface area contributed by atoms with E-state index in [-0.39, 0.29) is 23.7 Å². The number of fused-ring (bicyclic) bond motifs is 1. The standard InChI is InChI=1S/C22H20ClNO3/c1-13-3-7-16(8-4-13)27-20-10-6-15(12-19(20)23)24-21(25)17-9-5-14(2)11-18(17)22(24)26/h3-8,10,12,17-18H,9,11H2,1-2H3/t17-,18+/m1/s1. The lowest BCUT2D eigenvalue weighted by molar-refractivity contribution is -0.122. The van der Waals surface area contributed by atoms with Crippen LogP contribution in [0.5, 0.6) is 11.5 Å². The van der Waals surface area contributed by atoms with Crippen LogP contribution < -0.4 is 9.64 Å². The zero-order valence-corrected chi connectivity index (χ0v) is 16.0. The Morgan fingerprint density at radius 2 is 1.70 bits per heavy atom. The van der Waals surface area contributed by atoms with E-state index in [1.54, 1.807) is 18.2 Å². The van der Waals surface area contributed by atoms with E-state index in [9.17, 15) is 9.59 Å². The van der Waals surface area contributed by atoms with Gasteiger partial charge in [0.25, 0.3) is 0 Å². The van der Waals surface area contributed by atoms with Crippen LogP contribution in [0.15, 0.2) is 54.1 Å². The third kappa shape index (κ3) is 3.26. The average molecular weight is 382 g/mol. The van der Waals surface area contributed by atoms with Crippen molar-refractivity contribution in [1.82, 2.24) is 0 Å². The quantitative estimate of drug-likeness (QED) is 0.536. The van der Waals surface area contributed by atoms with Gasteiger partial charge in [0, 0.05) is 0 Å². The minimum Gasteiger partial charge on any atom is -0.456 e. The molecule has 0 radical (unpaired) electrons. The zero-order valence-electron chi connectivity index (χ0n) is 15.2. The molecule has 2 aliphatic rings. The summed E-state index contributed by atoms with van der Waals surface area (Å²) < 4.78 is 5.82. The van der Waals surface area contributed by atoms with Gasteiger partial charge in [-0.2, -0.15) is 0 Å². The molecule has 1 saturated heterocycles. The maximum absolute atomic E-state index is 12.8. The zero-order chi connectivity index (χ0) is 19.1. The van der Waals surface area contributed by atoms with Gasteiger partial charge in [-0.25, -0.2) is 4.90 Å². The molecule has 27 heavy (non-hydrogen) atoms. The van der Waals surface area contributed by atoms with E-state index < -0.39 is 0 Å². The van der Waals surface area contributed by atoms with Gasteiger partial charge in [0.05, 0.1) is 22.5 Å². The second kappa shape index (κ2) is 6.86. The summed E-state index contributed by atoms with van der Waals surface area (Å²) in [5.41, 5.74) is 2.80. The Morgan fingerprint density at radius 1 is 1.00 bits per heavy atom. The number of hydrogen-bond donors (Lipinski definition) is 0. The van der Waals surface area contributed by atoms with E-state index in [2.05, 4.69) is 6.08 Å². The topological polar surface area (TPSA) is 46.6 Å². The number of amides is 2. The highest BCUT2D eigenvalue weighted by Crippen LogP contribution is 2.41. The van der Waals surface area contributed by atoms with Crippen molar-refractivity contribution in [2.75, 3.05) is 4.90 Å². The molecule has 2 amide bonds. The van der Waals surface area contributed by atoms with E-state index in [4.69, 9.17) is 16.3 Å². The molecule has 0 aromatic heterocycles. The van der Waals surface area contributed by atoms with Crippen molar-refractivity contribution < 1.29 is 14.3 Å². The number of anilines is 1. The first-order valence-electron chi connectivity index (χ1n) is 9.01. The van der Waals surface area contributed by atoms with Crippen molar-refractivity contribution in [2.45, 2.75) is 26.7 Å². The van der Waals surface area contributed by atoms with Gasteiger partial charge < -0.3 is 4.74 Å². The summed E-state index contributed by atoms with van der Waals surface area (Å²) in [6.45, 7) is 4.01. The van der Waals surface area contributed by atoms with E-state index in [1.165, 1.54) is 10.5 Å². The van der Waals surface area contributed by atoms with Crippen LogP contribution in [0.4, 0.5) is 5.69 Å². The second-order valence-electron chi connectivity index (χ2n) is 7.25. The van der Waals surface area contributed by atoms with Crippen LogP contribution in [0.3, 0.4) is 0 Å². The Balaban J connectivity index is 1.58. The Bertz CT molecular complexity index is 949. The van der Waals surface area contributed by atoms with Crippen molar-refractivity contribution in [3.05, 3.63) is 64.7 Å². The smallest absolute Gasteiger partial charge is 0.238 e. The van der Waals surface area contributed by atoms with Gasteiger partial charge in [-0.3, -0.25) is 9.59 Å². The number of hydrogen-bond acceptors (Lipinski definition) is 3. The molecule has 1 heterocycles. The second-order valence-corrected chi connectivity index (χ2v) is 7.65. The first-order valence-corrected chi connectivity index (χ1v) is 9.39. The van der Waals surface area contributed by atoms with Crippen LogP contribution >= 0.6 is 11.6 Å². The van der Waals surface area contributed by atoms with E-state index in [0.717, 1.165) is 5.56 Å². The largest absolute Gasteiger partial charge is 0.456 e. The molecule has 5 heteroatoms. The first-order chi connectivity index (χ1) is 12.9. The highest BCUT2D eigenvalue weighted by Gasteiger charge is 2.48. The summed E-state index contributed by atoms with van der Waals surface area (Å²) >= 11 is 6.38. The lowest BCUT2D eigenvalue weighted by Crippen LogP contribution is -2.30. The molecule has 2 atom stereocenters. The van der Waals surface area contributed by atoms with Gasteiger partial charge in [0.15, 0.2) is 0 Å². The normalized spacial score (nSPS) is 21.9. The number of allylic oxidation sites excluding steroid dienone is 2. The SMILES string of the molecule is CC1=CC[C@H]2C(=O)N(c3ccc(Oc4ccc(C)cc4)c(Cl)c3)C(=O)[C@H]2C1. The number of carbonyl (C=O) groups is 2. The molecule has 2 aromatic rings. The Hall–Kier alpha value is -2.59. The molecule has 138 valence electrons. The number of rotatable bonds is 3. The van der Waals surface area contributed by atoms with Crippen molar-refractivity contribution in [2.24, 2.45) is 11.8 Å². The van der Waals surface area contributed by atoms with Crippen molar-refractivity contribution in [3.8, 4) is 11.5 Å². The summed E-state index contributed by atoms with van der Waals surface area (Å²) in [6.07, 6.45) is 3.33. The molecule has 4 nitrogen and oxygen atoms in total. The van der Waals surface area contributed by atoms with Crippen molar-refractivity contribution in [3.63, 3.8) is 0 Å². The minimum atomic E-state index is -0.261. The fraction of sp³-hybridized carbons (Fsp3) is 0.273. The van der Waals surface area contributed by atoms with Crippen LogP contribution in [-0.2, 0) is 9.59 Å². The monoisotopic (exact) mass is 381 g/mol. The average Bonchev–Trinajstić information content (AvgIpc) is 2.89. The molecule has 1 fully saturated rings. The lowest BCUT2D eigenvalue weighted by atomic mass is 9.82. The predicted octanol–water partition coefficient (Wildman–Crippen LogP) is 5.29. The fourth-order valence-electron chi connectivity index (χ4n) is 3.74. The van der Waals surface area contributed by atoms with Gasteiger partial charge >= 0.3 is 0 Å². The molecule has 4 rings (SSSR count). The fourth-order valence-corrected chi connectivity index (χ4v) is 3.95. The molecule has 0 saturated carbocycles. The molecule has 1 aliphatic carbocycles. The Labute approximate surface area is 163 Å². The number of nitrogens with zero attached hydrogens (tertiary/aromatic N) is 1. The highest BCUT2D eigenvalue weighted by molar-refractivity contribution is 6.33. The van der Waals surface area contributed by atoms with E-state index in [0.29, 0.717) is 35.1 Å². The third-order valence-corrected chi connectivity index (χ3v) is 5.54. The first kappa shape index (κ1) is 17.8. The molecule has 0 unspecified atom stereocenters. The minimum absolute atomic E-state index is 0.138. The van der Waals surface area contributed by atoms with Gasteiger partial charge in [-0.1, -0.05) is 40.9 Å². The molecule has 0 spiro atoms. The Kier molecular flexibility index (Phi) is 4.52. The van der Waals surface area contributed by atoms with E-state index in [1.807, 2.05) is 38.1 Å². The number of carbonyl (C=O) groups excluding carboxylic acids is 2. The number of aryl methyl sites for hydroxylation is 1. The lowest BCUT2D eigenvalue weighted by Gasteiger charge is -2.18. The summed E-state index contributed by atoms with van der Waals surface area (Å²) in [5, 5.41) is 0.359. The molecular formula is C22H20ClNO3. The maximum atomic E-state index is 12.8. The Morgan fingerprint density at radius 3 is 2.41 bits per heavy atom. The number of halogens is 1. The van der Waals surface area contributed by atoms with Gasteiger partial charge in [-0.05, 0) is 57.0 Å².